The van der Waals surface area contributed by atoms with Gasteiger partial charge in [0.2, 0.25) is 0 Å². The van der Waals surface area contributed by atoms with Crippen molar-refractivity contribution < 1.29 is 9.84 Å². The van der Waals surface area contributed by atoms with E-state index in [0.717, 1.165) is 5.69 Å². The molecule has 0 saturated carbocycles. The van der Waals surface area contributed by atoms with Gasteiger partial charge in [0.05, 0.1) is 32.1 Å². The Morgan fingerprint density at radius 3 is 3.10 bits per heavy atom. The van der Waals surface area contributed by atoms with Gasteiger partial charge in [-0.25, -0.2) is 4.68 Å². The van der Waals surface area contributed by atoms with Crippen LogP contribution in [0.4, 0.5) is 0 Å². The van der Waals surface area contributed by atoms with E-state index in [1.165, 1.54) is 15.6 Å². The Morgan fingerprint density at radius 2 is 2.24 bits per heavy atom. The monoisotopic (exact) mass is 303 g/mol. The van der Waals surface area contributed by atoms with Crippen LogP contribution in [-0.4, -0.2) is 33.3 Å². The third-order valence-electron chi connectivity index (χ3n) is 3.40. The lowest BCUT2D eigenvalue weighted by Crippen LogP contribution is -2.06. The van der Waals surface area contributed by atoms with Crippen molar-refractivity contribution in [2.45, 2.75) is 19.6 Å². The van der Waals surface area contributed by atoms with Crippen LogP contribution in [0.3, 0.4) is 0 Å². The first kappa shape index (κ1) is 14.2. The largest absolute Gasteiger partial charge is 0.394 e. The maximum absolute atomic E-state index is 8.70. The molecule has 2 aromatic heterocycles. The summed E-state index contributed by atoms with van der Waals surface area (Å²) in [5.74, 6) is 0. The average Bonchev–Trinajstić information content (AvgIpc) is 3.14. The highest BCUT2D eigenvalue weighted by Gasteiger charge is 2.14. The van der Waals surface area contributed by atoms with Crippen LogP contribution < -0.4 is 0 Å². The quantitative estimate of drug-likeness (QED) is 0.711. The molecule has 0 saturated heterocycles. The summed E-state index contributed by atoms with van der Waals surface area (Å²) >= 11 is 1.75. The molecule has 2 heterocycles. The third kappa shape index (κ3) is 2.97. The van der Waals surface area contributed by atoms with Gasteiger partial charge in [-0.05, 0) is 29.3 Å². The van der Waals surface area contributed by atoms with E-state index in [1.54, 1.807) is 11.3 Å². The van der Waals surface area contributed by atoms with Gasteiger partial charge in [-0.3, -0.25) is 0 Å². The second kappa shape index (κ2) is 6.34. The second-order valence-electron chi connectivity index (χ2n) is 4.83. The van der Waals surface area contributed by atoms with Gasteiger partial charge in [0.15, 0.2) is 0 Å². The molecule has 0 unspecified atom stereocenters. The van der Waals surface area contributed by atoms with E-state index in [4.69, 9.17) is 9.84 Å². The van der Waals surface area contributed by atoms with Crippen molar-refractivity contribution in [3.8, 4) is 0 Å². The molecule has 3 rings (SSSR count). The van der Waals surface area contributed by atoms with Crippen molar-refractivity contribution in [3.63, 3.8) is 0 Å². The number of hydrogen-bond acceptors (Lipinski definition) is 5. The fraction of sp³-hybridized carbons (Fsp3) is 0.333. The van der Waals surface area contributed by atoms with Crippen LogP contribution in [0.5, 0.6) is 0 Å². The Hall–Kier alpha value is -1.76. The zero-order valence-corrected chi connectivity index (χ0v) is 12.6. The summed E-state index contributed by atoms with van der Waals surface area (Å²) in [6.45, 7) is 2.82. The van der Waals surface area contributed by atoms with Crippen LogP contribution >= 0.6 is 11.3 Å². The fourth-order valence-electron chi connectivity index (χ4n) is 2.27. The molecule has 1 N–H and O–H groups in total. The summed E-state index contributed by atoms with van der Waals surface area (Å²) < 4.78 is 8.40. The maximum atomic E-state index is 8.70. The molecule has 1 atom stereocenters. The molecule has 0 spiro atoms. The van der Waals surface area contributed by atoms with E-state index in [-0.39, 0.29) is 12.6 Å². The Labute approximate surface area is 126 Å². The number of aliphatic hydroxyl groups is 1. The van der Waals surface area contributed by atoms with Gasteiger partial charge in [-0.1, -0.05) is 23.4 Å². The number of fused-ring (bicyclic) bond motifs is 1. The van der Waals surface area contributed by atoms with Gasteiger partial charge in [0.1, 0.15) is 5.69 Å². The third-order valence-corrected chi connectivity index (χ3v) is 4.38. The lowest BCUT2D eigenvalue weighted by atomic mass is 10.1. The molecule has 0 aliphatic carbocycles. The highest BCUT2D eigenvalue weighted by atomic mass is 32.1. The van der Waals surface area contributed by atoms with Crippen molar-refractivity contribution in [1.82, 2.24) is 15.0 Å². The second-order valence-corrected chi connectivity index (χ2v) is 5.74. The standard InChI is InChI=1S/C15H17N3O2S/c1-11(14-10-21-15-5-3-2-4-13(14)15)18-8-12(16-17-18)9-20-7-6-19/h2-5,8,10-11,19H,6-7,9H2,1H3/t11-/m0/s1. The zero-order valence-electron chi connectivity index (χ0n) is 11.8. The lowest BCUT2D eigenvalue weighted by molar-refractivity contribution is 0.0796. The minimum absolute atomic E-state index is 0.0193. The van der Waals surface area contributed by atoms with Gasteiger partial charge < -0.3 is 9.84 Å². The van der Waals surface area contributed by atoms with Gasteiger partial charge >= 0.3 is 0 Å². The lowest BCUT2D eigenvalue weighted by Gasteiger charge is -2.10. The Bertz CT molecular complexity index is 722. The highest BCUT2D eigenvalue weighted by molar-refractivity contribution is 7.17. The molecule has 0 aliphatic rings. The molecule has 0 amide bonds. The molecule has 5 nitrogen and oxygen atoms in total. The maximum Gasteiger partial charge on any atom is 0.108 e. The van der Waals surface area contributed by atoms with Crippen LogP contribution in [0.2, 0.25) is 0 Å². The molecule has 0 radical (unpaired) electrons. The van der Waals surface area contributed by atoms with Gasteiger partial charge in [0, 0.05) is 4.70 Å². The highest BCUT2D eigenvalue weighted by Crippen LogP contribution is 2.31. The number of thiophene rings is 1. The first-order valence-corrected chi connectivity index (χ1v) is 7.73. The fourth-order valence-corrected chi connectivity index (χ4v) is 3.32. The summed E-state index contributed by atoms with van der Waals surface area (Å²) in [7, 11) is 0. The normalized spacial score (nSPS) is 12.9. The van der Waals surface area contributed by atoms with E-state index in [2.05, 4.69) is 46.9 Å². The van der Waals surface area contributed by atoms with Crippen molar-refractivity contribution in [2.24, 2.45) is 0 Å². The van der Waals surface area contributed by atoms with E-state index in [1.807, 2.05) is 10.9 Å². The Kier molecular flexibility index (Phi) is 4.28. The Balaban J connectivity index is 1.80. The number of rotatable bonds is 6. The summed E-state index contributed by atoms with van der Waals surface area (Å²) in [4.78, 5) is 0. The summed E-state index contributed by atoms with van der Waals surface area (Å²) in [5, 5.41) is 20.4. The summed E-state index contributed by atoms with van der Waals surface area (Å²) in [5.41, 5.74) is 2.03. The van der Waals surface area contributed by atoms with Gasteiger partial charge in [-0.15, -0.1) is 16.4 Å². The van der Waals surface area contributed by atoms with Crippen molar-refractivity contribution in [3.05, 3.63) is 47.1 Å². The molecular formula is C15H17N3O2S. The molecule has 3 aromatic rings. The van der Waals surface area contributed by atoms with E-state index >= 15 is 0 Å². The molecule has 110 valence electrons. The Morgan fingerprint density at radius 1 is 1.38 bits per heavy atom. The number of ether oxygens (including phenoxy) is 1. The van der Waals surface area contributed by atoms with Crippen LogP contribution in [-0.2, 0) is 11.3 Å². The van der Waals surface area contributed by atoms with Crippen molar-refractivity contribution >= 4 is 21.4 Å². The molecule has 6 heteroatoms. The molecule has 0 fully saturated rings. The van der Waals surface area contributed by atoms with E-state index in [0.29, 0.717) is 13.2 Å². The molecule has 21 heavy (non-hydrogen) atoms. The predicted octanol–water partition coefficient (Wildman–Crippen LogP) is 2.61. The molecule has 0 aliphatic heterocycles. The van der Waals surface area contributed by atoms with Crippen molar-refractivity contribution in [1.29, 1.82) is 0 Å². The number of aromatic nitrogens is 3. The first-order chi connectivity index (χ1) is 10.3. The molecule has 0 bridgehead atoms. The SMILES string of the molecule is C[C@@H](c1csc2ccccc12)n1cc(COCCO)nn1. The van der Waals surface area contributed by atoms with Crippen molar-refractivity contribution in [2.75, 3.05) is 13.2 Å². The van der Waals surface area contributed by atoms with E-state index < -0.39 is 0 Å². The number of nitrogens with zero attached hydrogens (tertiary/aromatic N) is 3. The summed E-state index contributed by atoms with van der Waals surface area (Å²) in [6, 6.07) is 8.51. The average molecular weight is 303 g/mol. The number of benzene rings is 1. The zero-order chi connectivity index (χ0) is 14.7. The van der Waals surface area contributed by atoms with Crippen LogP contribution in [0.25, 0.3) is 10.1 Å². The minimum atomic E-state index is 0.0193. The van der Waals surface area contributed by atoms with Gasteiger partial charge in [-0.2, -0.15) is 0 Å². The van der Waals surface area contributed by atoms with E-state index in [9.17, 15) is 0 Å². The van der Waals surface area contributed by atoms with Crippen LogP contribution in [0.15, 0.2) is 35.8 Å². The van der Waals surface area contributed by atoms with Gasteiger partial charge in [0.25, 0.3) is 0 Å². The molecular weight excluding hydrogens is 286 g/mol. The number of hydrogen-bond donors (Lipinski definition) is 1. The van der Waals surface area contributed by atoms with Crippen LogP contribution in [0, 0.1) is 0 Å². The smallest absolute Gasteiger partial charge is 0.108 e. The van der Waals surface area contributed by atoms with Crippen LogP contribution in [0.1, 0.15) is 24.2 Å². The predicted molar refractivity (Wildman–Crippen MR) is 82.4 cm³/mol. The first-order valence-electron chi connectivity index (χ1n) is 6.85. The topological polar surface area (TPSA) is 60.2 Å². The number of aliphatic hydroxyl groups excluding tert-OH is 1. The summed E-state index contributed by atoms with van der Waals surface area (Å²) in [6.07, 6.45) is 1.90. The minimum Gasteiger partial charge on any atom is -0.394 e. The molecule has 1 aromatic carbocycles.